The van der Waals surface area contributed by atoms with Crippen LogP contribution in [0.4, 0.5) is 5.82 Å². The van der Waals surface area contributed by atoms with Crippen molar-refractivity contribution in [2.45, 2.75) is 0 Å². The third kappa shape index (κ3) is 1.17. The topological polar surface area (TPSA) is 43.3 Å². The number of halogens is 2. The molecular formula is C7H5BrClN3. The molecule has 0 unspecified atom stereocenters. The fraction of sp³-hybridized carbons (Fsp3) is 0. The molecule has 0 fully saturated rings. The number of imidazole rings is 1. The summed E-state index contributed by atoms with van der Waals surface area (Å²) in [5.41, 5.74) is 6.25. The first-order valence-corrected chi connectivity index (χ1v) is 4.43. The van der Waals surface area contributed by atoms with Gasteiger partial charge in [-0.05, 0) is 12.1 Å². The fourth-order valence-electron chi connectivity index (χ4n) is 1.03. The lowest BCUT2D eigenvalue weighted by molar-refractivity contribution is 1.18. The molecule has 0 aliphatic heterocycles. The number of nitrogen functional groups attached to an aromatic ring is 1. The minimum atomic E-state index is 0.468. The summed E-state index contributed by atoms with van der Waals surface area (Å²) >= 11 is 9.23. The predicted molar refractivity (Wildman–Crippen MR) is 52.3 cm³/mol. The highest BCUT2D eigenvalue weighted by molar-refractivity contribution is 9.10. The summed E-state index contributed by atoms with van der Waals surface area (Å²) in [5, 5.41) is 0.587. The predicted octanol–water partition coefficient (Wildman–Crippen LogP) is 2.33. The summed E-state index contributed by atoms with van der Waals surface area (Å²) in [4.78, 5) is 4.06. The average Bonchev–Trinajstić information content (AvgIpc) is 2.29. The average molecular weight is 246 g/mol. The highest BCUT2D eigenvalue weighted by atomic mass is 79.9. The van der Waals surface area contributed by atoms with Crippen molar-refractivity contribution in [1.29, 1.82) is 0 Å². The Balaban J connectivity index is 2.88. The molecule has 12 heavy (non-hydrogen) atoms. The summed E-state index contributed by atoms with van der Waals surface area (Å²) < 4.78 is 2.62. The van der Waals surface area contributed by atoms with E-state index in [0.717, 1.165) is 10.1 Å². The number of anilines is 1. The van der Waals surface area contributed by atoms with E-state index in [-0.39, 0.29) is 0 Å². The smallest absolute Gasteiger partial charge is 0.142 e. The molecule has 0 saturated heterocycles. The standard InChI is InChI=1S/C7H5BrClN3/c8-4-1-5(9)12-3-6(10)11-7(12)2-4/h1-3H,10H2. The lowest BCUT2D eigenvalue weighted by Crippen LogP contribution is -1.84. The van der Waals surface area contributed by atoms with Crippen molar-refractivity contribution in [3.63, 3.8) is 0 Å². The summed E-state index contributed by atoms with van der Waals surface area (Å²) in [6, 6.07) is 3.64. The van der Waals surface area contributed by atoms with E-state index in [4.69, 9.17) is 17.3 Å². The molecule has 0 bridgehead atoms. The summed E-state index contributed by atoms with van der Waals surface area (Å²) in [5.74, 6) is 0.468. The van der Waals surface area contributed by atoms with Gasteiger partial charge < -0.3 is 5.73 Å². The fourth-order valence-corrected chi connectivity index (χ4v) is 1.84. The third-order valence-electron chi connectivity index (χ3n) is 1.51. The normalized spacial score (nSPS) is 10.8. The highest BCUT2D eigenvalue weighted by Crippen LogP contribution is 2.20. The molecule has 62 valence electrons. The zero-order chi connectivity index (χ0) is 8.72. The van der Waals surface area contributed by atoms with E-state index >= 15 is 0 Å². The van der Waals surface area contributed by atoms with Gasteiger partial charge in [-0.2, -0.15) is 0 Å². The van der Waals surface area contributed by atoms with E-state index in [1.54, 1.807) is 16.7 Å². The number of aromatic nitrogens is 2. The van der Waals surface area contributed by atoms with Gasteiger partial charge >= 0.3 is 0 Å². The molecule has 3 nitrogen and oxygen atoms in total. The van der Waals surface area contributed by atoms with E-state index in [2.05, 4.69) is 20.9 Å². The number of fused-ring (bicyclic) bond motifs is 1. The van der Waals surface area contributed by atoms with Crippen LogP contribution in [-0.4, -0.2) is 9.38 Å². The molecule has 0 amide bonds. The lowest BCUT2D eigenvalue weighted by Gasteiger charge is -1.96. The number of nitrogens with two attached hydrogens (primary N) is 1. The zero-order valence-corrected chi connectivity index (χ0v) is 8.30. The second-order valence-corrected chi connectivity index (χ2v) is 3.69. The summed E-state index contributed by atoms with van der Waals surface area (Å²) in [6.07, 6.45) is 1.68. The number of hydrogen-bond acceptors (Lipinski definition) is 2. The third-order valence-corrected chi connectivity index (χ3v) is 2.26. The molecule has 0 atom stereocenters. The van der Waals surface area contributed by atoms with Gasteiger partial charge in [0.25, 0.3) is 0 Å². The number of pyridine rings is 1. The van der Waals surface area contributed by atoms with Crippen molar-refractivity contribution in [1.82, 2.24) is 9.38 Å². The first-order valence-electron chi connectivity index (χ1n) is 3.26. The Kier molecular flexibility index (Phi) is 1.73. The second kappa shape index (κ2) is 2.64. The van der Waals surface area contributed by atoms with Crippen LogP contribution in [0.1, 0.15) is 0 Å². The van der Waals surface area contributed by atoms with Crippen LogP contribution in [0.2, 0.25) is 5.15 Å². The molecule has 0 aliphatic carbocycles. The Labute approximate surface area is 82.3 Å². The molecule has 0 aliphatic rings. The van der Waals surface area contributed by atoms with Crippen LogP contribution in [0.25, 0.3) is 5.65 Å². The molecule has 0 aromatic carbocycles. The van der Waals surface area contributed by atoms with Crippen LogP contribution >= 0.6 is 27.5 Å². The van der Waals surface area contributed by atoms with Gasteiger partial charge in [-0.15, -0.1) is 0 Å². The van der Waals surface area contributed by atoms with Crippen LogP contribution in [0, 0.1) is 0 Å². The maximum atomic E-state index is 5.91. The van der Waals surface area contributed by atoms with Crippen LogP contribution < -0.4 is 5.73 Å². The molecule has 2 aromatic rings. The first kappa shape index (κ1) is 7.89. The van der Waals surface area contributed by atoms with Crippen molar-refractivity contribution in [3.8, 4) is 0 Å². The van der Waals surface area contributed by atoms with Crippen LogP contribution in [0.3, 0.4) is 0 Å². The van der Waals surface area contributed by atoms with E-state index in [0.29, 0.717) is 11.0 Å². The van der Waals surface area contributed by atoms with Gasteiger partial charge in [-0.1, -0.05) is 27.5 Å². The van der Waals surface area contributed by atoms with Gasteiger partial charge in [0.15, 0.2) is 0 Å². The van der Waals surface area contributed by atoms with Crippen LogP contribution in [0.15, 0.2) is 22.8 Å². The second-order valence-electron chi connectivity index (χ2n) is 2.39. The first-order chi connectivity index (χ1) is 5.66. The molecule has 0 saturated carbocycles. The van der Waals surface area contributed by atoms with Crippen molar-refractivity contribution < 1.29 is 0 Å². The maximum absolute atomic E-state index is 5.91. The molecule has 2 aromatic heterocycles. The Bertz CT molecular complexity index is 437. The Morgan fingerprint density at radius 1 is 1.50 bits per heavy atom. The zero-order valence-electron chi connectivity index (χ0n) is 5.96. The van der Waals surface area contributed by atoms with Crippen LogP contribution in [0.5, 0.6) is 0 Å². The van der Waals surface area contributed by atoms with E-state index in [1.807, 2.05) is 6.07 Å². The van der Waals surface area contributed by atoms with Crippen molar-refractivity contribution in [2.75, 3.05) is 5.73 Å². The number of nitrogens with zero attached hydrogens (tertiary/aromatic N) is 2. The molecule has 0 radical (unpaired) electrons. The van der Waals surface area contributed by atoms with Crippen molar-refractivity contribution in [2.24, 2.45) is 0 Å². The summed E-state index contributed by atoms with van der Waals surface area (Å²) in [7, 11) is 0. The van der Waals surface area contributed by atoms with Gasteiger partial charge in [0.1, 0.15) is 16.6 Å². The number of hydrogen-bond donors (Lipinski definition) is 1. The Hall–Kier alpha value is -0.740. The largest absolute Gasteiger partial charge is 0.382 e. The SMILES string of the molecule is Nc1cn2c(Cl)cc(Br)cc2n1. The van der Waals surface area contributed by atoms with E-state index in [9.17, 15) is 0 Å². The maximum Gasteiger partial charge on any atom is 0.142 e. The Morgan fingerprint density at radius 2 is 2.25 bits per heavy atom. The molecule has 2 rings (SSSR count). The van der Waals surface area contributed by atoms with Gasteiger partial charge in [0, 0.05) is 4.47 Å². The lowest BCUT2D eigenvalue weighted by atomic mass is 10.5. The molecule has 2 N–H and O–H groups in total. The Morgan fingerprint density at radius 3 is 3.00 bits per heavy atom. The minimum Gasteiger partial charge on any atom is -0.382 e. The van der Waals surface area contributed by atoms with Gasteiger partial charge in [-0.25, -0.2) is 4.98 Å². The van der Waals surface area contributed by atoms with Crippen molar-refractivity contribution >= 4 is 39.0 Å². The minimum absolute atomic E-state index is 0.468. The molecular weight excluding hydrogens is 241 g/mol. The van der Waals surface area contributed by atoms with E-state index in [1.165, 1.54) is 0 Å². The highest BCUT2D eigenvalue weighted by Gasteiger charge is 2.02. The van der Waals surface area contributed by atoms with E-state index < -0.39 is 0 Å². The van der Waals surface area contributed by atoms with Crippen molar-refractivity contribution in [3.05, 3.63) is 28.0 Å². The van der Waals surface area contributed by atoms with Gasteiger partial charge in [-0.3, -0.25) is 4.40 Å². The molecule has 0 spiro atoms. The van der Waals surface area contributed by atoms with Gasteiger partial charge in [0.2, 0.25) is 0 Å². The summed E-state index contributed by atoms with van der Waals surface area (Å²) in [6.45, 7) is 0. The number of rotatable bonds is 0. The molecule has 5 heteroatoms. The van der Waals surface area contributed by atoms with Gasteiger partial charge in [0.05, 0.1) is 6.20 Å². The molecule has 2 heterocycles. The van der Waals surface area contributed by atoms with Crippen LogP contribution in [-0.2, 0) is 0 Å². The monoisotopic (exact) mass is 245 g/mol. The quantitative estimate of drug-likeness (QED) is 0.725.